The fraction of sp³-hybridized carbons (Fsp3) is 0.385. The number of carbonyl (C=O) groups is 2. The minimum absolute atomic E-state index is 0.0643. The molecule has 5 N–H and O–H groups in total. The Hall–Kier alpha value is -2.98. The molecule has 0 saturated carbocycles. The maximum atomic E-state index is 12.3. The van der Waals surface area contributed by atoms with Gasteiger partial charge in [-0.25, -0.2) is 0 Å². The van der Waals surface area contributed by atoms with E-state index in [0.717, 1.165) is 24.1 Å². The molecule has 168 valence electrons. The molecule has 1 amide bonds. The highest BCUT2D eigenvalue weighted by Gasteiger charge is 2.18. The van der Waals surface area contributed by atoms with Gasteiger partial charge in [-0.15, -0.1) is 0 Å². The van der Waals surface area contributed by atoms with E-state index in [2.05, 4.69) is 34.6 Å². The summed E-state index contributed by atoms with van der Waals surface area (Å²) >= 11 is 0. The molecule has 2 aromatic rings. The molecule has 6 heteroatoms. The van der Waals surface area contributed by atoms with Crippen molar-refractivity contribution in [3.63, 3.8) is 0 Å². The molecular weight excluding hydrogens is 402 g/mol. The first-order valence-corrected chi connectivity index (χ1v) is 11.2. The van der Waals surface area contributed by atoms with Crippen molar-refractivity contribution in [1.29, 1.82) is 0 Å². The van der Waals surface area contributed by atoms with Gasteiger partial charge in [-0.1, -0.05) is 24.0 Å². The van der Waals surface area contributed by atoms with Crippen molar-refractivity contribution in [3.8, 4) is 11.8 Å². The van der Waals surface area contributed by atoms with Crippen LogP contribution in [0.25, 0.3) is 0 Å². The molecule has 0 bridgehead atoms. The van der Waals surface area contributed by atoms with Gasteiger partial charge in [-0.2, -0.15) is 0 Å². The minimum atomic E-state index is -0.894. The van der Waals surface area contributed by atoms with Gasteiger partial charge in [0, 0.05) is 29.3 Å². The standard InChI is InChI=1S/C26H31N3O3/c27-17-24(25(31)18-30)29-26(32)22-14-12-21(13-15-22)11-10-20-8-6-19(7-9-20)3-1-4-23-5-2-16-28-23/h6-9,12-15,23-24,28,30H,1-5,16-18,27H2,(H,29,32)/t23-,24+/m1/s1. The Bertz CT molecular complexity index is 953. The van der Waals surface area contributed by atoms with Gasteiger partial charge >= 0.3 is 0 Å². The molecule has 0 radical (unpaired) electrons. The average molecular weight is 434 g/mol. The number of aryl methyl sites for hydroxylation is 1. The van der Waals surface area contributed by atoms with Gasteiger partial charge in [0.05, 0.1) is 0 Å². The topological polar surface area (TPSA) is 104 Å². The van der Waals surface area contributed by atoms with E-state index in [-0.39, 0.29) is 6.54 Å². The summed E-state index contributed by atoms with van der Waals surface area (Å²) in [5, 5.41) is 15.0. The Labute approximate surface area is 189 Å². The van der Waals surface area contributed by atoms with Crippen LogP contribution in [-0.4, -0.2) is 48.6 Å². The van der Waals surface area contributed by atoms with E-state index in [0.29, 0.717) is 11.6 Å². The Morgan fingerprint density at radius 2 is 1.75 bits per heavy atom. The van der Waals surface area contributed by atoms with Crippen molar-refractivity contribution in [3.05, 3.63) is 70.8 Å². The number of hydrogen-bond donors (Lipinski definition) is 4. The van der Waals surface area contributed by atoms with Gasteiger partial charge in [0.1, 0.15) is 12.6 Å². The van der Waals surface area contributed by atoms with Gasteiger partial charge < -0.3 is 21.5 Å². The van der Waals surface area contributed by atoms with E-state index < -0.39 is 24.3 Å². The third-order valence-electron chi connectivity index (χ3n) is 5.72. The Morgan fingerprint density at radius 3 is 2.31 bits per heavy atom. The summed E-state index contributed by atoms with van der Waals surface area (Å²) in [4.78, 5) is 23.8. The second-order valence-electron chi connectivity index (χ2n) is 8.10. The smallest absolute Gasteiger partial charge is 0.251 e. The van der Waals surface area contributed by atoms with Crippen molar-refractivity contribution < 1.29 is 14.7 Å². The lowest BCUT2D eigenvalue weighted by atomic mass is 10.0. The largest absolute Gasteiger partial charge is 0.388 e. The SMILES string of the molecule is NC[C@H](NC(=O)c1ccc(C#Cc2ccc(CCC[C@@H]3CCCN3)cc2)cc1)C(=O)CO. The van der Waals surface area contributed by atoms with Gasteiger partial charge in [0.2, 0.25) is 0 Å². The predicted octanol–water partition coefficient (Wildman–Crippen LogP) is 1.78. The van der Waals surface area contributed by atoms with E-state index in [4.69, 9.17) is 10.8 Å². The molecule has 1 heterocycles. The molecule has 1 fully saturated rings. The second-order valence-corrected chi connectivity index (χ2v) is 8.10. The van der Waals surface area contributed by atoms with Crippen molar-refractivity contribution in [2.45, 2.75) is 44.2 Å². The molecule has 1 aliphatic heterocycles. The predicted molar refractivity (Wildman–Crippen MR) is 125 cm³/mol. The number of aliphatic hydroxyl groups excluding tert-OH is 1. The Morgan fingerprint density at radius 1 is 1.09 bits per heavy atom. The van der Waals surface area contributed by atoms with Crippen LogP contribution in [0.5, 0.6) is 0 Å². The van der Waals surface area contributed by atoms with Crippen LogP contribution in [0.4, 0.5) is 0 Å². The molecule has 3 rings (SSSR count). The first kappa shape index (κ1) is 23.7. The normalized spacial score (nSPS) is 16.1. The first-order valence-electron chi connectivity index (χ1n) is 11.2. The molecule has 6 nitrogen and oxygen atoms in total. The summed E-state index contributed by atoms with van der Waals surface area (Å²) in [5.74, 6) is 5.33. The number of Topliss-reactive ketones (excluding diaryl/α,β-unsaturated/α-hetero) is 1. The summed E-state index contributed by atoms with van der Waals surface area (Å²) in [7, 11) is 0. The lowest BCUT2D eigenvalue weighted by Gasteiger charge is -2.14. The second kappa shape index (κ2) is 12.2. The van der Waals surface area contributed by atoms with Crippen LogP contribution in [0.3, 0.4) is 0 Å². The summed E-state index contributed by atoms with van der Waals surface area (Å²) in [6.45, 7) is 0.440. The van der Waals surface area contributed by atoms with Crippen molar-refractivity contribution in [2.24, 2.45) is 5.73 Å². The van der Waals surface area contributed by atoms with Gasteiger partial charge in [-0.3, -0.25) is 9.59 Å². The van der Waals surface area contributed by atoms with Crippen molar-refractivity contribution in [1.82, 2.24) is 10.6 Å². The van der Waals surface area contributed by atoms with Crippen LogP contribution >= 0.6 is 0 Å². The number of hydrogen-bond acceptors (Lipinski definition) is 5. The highest BCUT2D eigenvalue weighted by atomic mass is 16.3. The van der Waals surface area contributed by atoms with Crippen molar-refractivity contribution >= 4 is 11.7 Å². The molecule has 1 saturated heterocycles. The van der Waals surface area contributed by atoms with E-state index in [1.807, 2.05) is 12.1 Å². The summed E-state index contributed by atoms with van der Waals surface area (Å²) in [6, 6.07) is 15.0. The molecular formula is C26H31N3O3. The lowest BCUT2D eigenvalue weighted by molar-refractivity contribution is -0.123. The number of nitrogens with two attached hydrogens (primary N) is 1. The fourth-order valence-corrected chi connectivity index (χ4v) is 3.78. The highest BCUT2D eigenvalue weighted by molar-refractivity contribution is 5.98. The highest BCUT2D eigenvalue weighted by Crippen LogP contribution is 2.14. The summed E-state index contributed by atoms with van der Waals surface area (Å²) < 4.78 is 0. The van der Waals surface area contributed by atoms with E-state index >= 15 is 0 Å². The molecule has 2 aromatic carbocycles. The van der Waals surface area contributed by atoms with Crippen molar-refractivity contribution in [2.75, 3.05) is 19.7 Å². The zero-order chi connectivity index (χ0) is 22.8. The van der Waals surface area contributed by atoms with E-state index in [1.54, 1.807) is 24.3 Å². The minimum Gasteiger partial charge on any atom is -0.388 e. The summed E-state index contributed by atoms with van der Waals surface area (Å²) in [6.07, 6.45) is 6.12. The number of aliphatic hydroxyl groups is 1. The van der Waals surface area contributed by atoms with E-state index in [9.17, 15) is 9.59 Å². The zero-order valence-corrected chi connectivity index (χ0v) is 18.3. The lowest BCUT2D eigenvalue weighted by Crippen LogP contribution is -2.46. The quantitative estimate of drug-likeness (QED) is 0.451. The Kier molecular flexibility index (Phi) is 9.00. The molecule has 2 atom stereocenters. The molecule has 1 aliphatic rings. The monoisotopic (exact) mass is 433 g/mol. The summed E-state index contributed by atoms with van der Waals surface area (Å²) in [5.41, 5.74) is 8.95. The van der Waals surface area contributed by atoms with Crippen LogP contribution < -0.4 is 16.4 Å². The van der Waals surface area contributed by atoms with Crippen LogP contribution in [0.15, 0.2) is 48.5 Å². The maximum Gasteiger partial charge on any atom is 0.251 e. The van der Waals surface area contributed by atoms with Gasteiger partial charge in [-0.05, 0) is 80.6 Å². The third-order valence-corrected chi connectivity index (χ3v) is 5.72. The molecule has 32 heavy (non-hydrogen) atoms. The molecule has 0 unspecified atom stereocenters. The van der Waals surface area contributed by atoms with Crippen LogP contribution in [0, 0.1) is 11.8 Å². The van der Waals surface area contributed by atoms with Gasteiger partial charge in [0.15, 0.2) is 5.78 Å². The van der Waals surface area contributed by atoms with E-state index in [1.165, 1.54) is 31.2 Å². The first-order chi connectivity index (χ1) is 15.6. The molecule has 0 aliphatic carbocycles. The number of rotatable bonds is 9. The Balaban J connectivity index is 1.51. The number of nitrogens with one attached hydrogen (secondary N) is 2. The van der Waals surface area contributed by atoms with Gasteiger partial charge in [0.25, 0.3) is 5.91 Å². The average Bonchev–Trinajstić information content (AvgIpc) is 3.35. The van der Waals surface area contributed by atoms with Crippen LogP contribution in [-0.2, 0) is 11.2 Å². The molecule has 0 aromatic heterocycles. The fourth-order valence-electron chi connectivity index (χ4n) is 3.78. The number of carbonyl (C=O) groups excluding carboxylic acids is 2. The van der Waals surface area contributed by atoms with Crippen LogP contribution in [0.1, 0.15) is 52.7 Å². The number of ketones is 1. The van der Waals surface area contributed by atoms with Crippen LogP contribution in [0.2, 0.25) is 0 Å². The number of benzene rings is 2. The molecule has 0 spiro atoms. The zero-order valence-electron chi connectivity index (χ0n) is 18.3. The third kappa shape index (κ3) is 7.03. The number of amides is 1. The maximum absolute atomic E-state index is 12.3.